The van der Waals surface area contributed by atoms with Gasteiger partial charge in [0.05, 0.1) is 5.92 Å². The highest BCUT2D eigenvalue weighted by atomic mass is 16.4. The van der Waals surface area contributed by atoms with Crippen LogP contribution in [0.1, 0.15) is 44.9 Å². The molecule has 0 aromatic rings. The second-order valence-electron chi connectivity index (χ2n) is 4.19. The minimum atomic E-state index is -0.600. The molecule has 0 heterocycles. The Morgan fingerprint density at radius 3 is 2.54 bits per heavy atom. The fraction of sp³-hybridized carbons (Fsp3) is 0.727. The number of allylic oxidation sites excluding steroid dienone is 2. The van der Waals surface area contributed by atoms with Gasteiger partial charge in [0.15, 0.2) is 0 Å². The van der Waals surface area contributed by atoms with E-state index in [1.807, 2.05) is 0 Å². The number of rotatable bonds is 1. The van der Waals surface area contributed by atoms with Gasteiger partial charge in [0, 0.05) is 0 Å². The van der Waals surface area contributed by atoms with Crippen molar-refractivity contribution in [2.75, 3.05) is 0 Å². The Hall–Kier alpha value is -0.790. The SMILES string of the molecule is O=C(O)[C@H]1CCC2=C(CCCC2)C1. The molecule has 13 heavy (non-hydrogen) atoms. The highest BCUT2D eigenvalue weighted by Crippen LogP contribution is 2.37. The lowest BCUT2D eigenvalue weighted by atomic mass is 9.77. The molecule has 0 amide bonds. The third-order valence-electron chi connectivity index (χ3n) is 3.34. The molecule has 0 saturated carbocycles. The second-order valence-corrected chi connectivity index (χ2v) is 4.19. The summed E-state index contributed by atoms with van der Waals surface area (Å²) in [6, 6.07) is 0. The van der Waals surface area contributed by atoms with Crippen molar-refractivity contribution in [1.82, 2.24) is 0 Å². The Morgan fingerprint density at radius 1 is 1.15 bits per heavy atom. The molecule has 0 radical (unpaired) electrons. The molecule has 2 rings (SSSR count). The van der Waals surface area contributed by atoms with Crippen molar-refractivity contribution in [3.8, 4) is 0 Å². The van der Waals surface area contributed by atoms with Gasteiger partial charge in [-0.05, 0) is 44.9 Å². The molecule has 0 fully saturated rings. The normalized spacial score (nSPS) is 28.5. The zero-order valence-electron chi connectivity index (χ0n) is 7.88. The van der Waals surface area contributed by atoms with Crippen LogP contribution in [-0.2, 0) is 4.79 Å². The van der Waals surface area contributed by atoms with E-state index < -0.39 is 5.97 Å². The molecule has 1 N–H and O–H groups in total. The second kappa shape index (κ2) is 3.52. The van der Waals surface area contributed by atoms with Crippen LogP contribution in [0.25, 0.3) is 0 Å². The van der Waals surface area contributed by atoms with Crippen LogP contribution in [0.3, 0.4) is 0 Å². The molecule has 2 heteroatoms. The zero-order chi connectivity index (χ0) is 9.26. The number of hydrogen-bond acceptors (Lipinski definition) is 1. The Labute approximate surface area is 78.6 Å². The number of hydrogen-bond donors (Lipinski definition) is 1. The molecule has 0 aromatic carbocycles. The summed E-state index contributed by atoms with van der Waals surface area (Å²) in [4.78, 5) is 10.8. The lowest BCUT2D eigenvalue weighted by Gasteiger charge is -2.28. The molecule has 0 spiro atoms. The van der Waals surface area contributed by atoms with Crippen molar-refractivity contribution in [1.29, 1.82) is 0 Å². The molecule has 0 aromatic heterocycles. The van der Waals surface area contributed by atoms with Crippen LogP contribution in [0.4, 0.5) is 0 Å². The first-order chi connectivity index (χ1) is 6.27. The van der Waals surface area contributed by atoms with Gasteiger partial charge in [-0.3, -0.25) is 4.79 Å². The Balaban J connectivity index is 2.09. The van der Waals surface area contributed by atoms with Gasteiger partial charge in [-0.2, -0.15) is 0 Å². The van der Waals surface area contributed by atoms with Crippen molar-refractivity contribution in [2.45, 2.75) is 44.9 Å². The number of carbonyl (C=O) groups is 1. The monoisotopic (exact) mass is 180 g/mol. The summed E-state index contributed by atoms with van der Waals surface area (Å²) in [5, 5.41) is 8.91. The molecule has 2 nitrogen and oxygen atoms in total. The van der Waals surface area contributed by atoms with Gasteiger partial charge in [0.25, 0.3) is 0 Å². The zero-order valence-corrected chi connectivity index (χ0v) is 7.88. The van der Waals surface area contributed by atoms with E-state index in [9.17, 15) is 4.79 Å². The predicted octanol–water partition coefficient (Wildman–Crippen LogP) is 2.74. The number of carboxylic acid groups (broad SMARTS) is 1. The summed E-state index contributed by atoms with van der Waals surface area (Å²) in [7, 11) is 0. The summed E-state index contributed by atoms with van der Waals surface area (Å²) in [6.07, 6.45) is 7.74. The third-order valence-corrected chi connectivity index (χ3v) is 3.34. The minimum absolute atomic E-state index is 0.0863. The standard InChI is InChI=1S/C11H16O2/c12-11(13)10-6-5-8-3-1-2-4-9(8)7-10/h10H,1-7H2,(H,12,13)/t10-/m0/s1. The Bertz CT molecular complexity index is 253. The molecule has 0 bridgehead atoms. The van der Waals surface area contributed by atoms with E-state index >= 15 is 0 Å². The molecule has 2 aliphatic carbocycles. The van der Waals surface area contributed by atoms with Gasteiger partial charge in [0.2, 0.25) is 0 Å². The smallest absolute Gasteiger partial charge is 0.306 e. The van der Waals surface area contributed by atoms with E-state index in [0.717, 1.165) is 19.3 Å². The van der Waals surface area contributed by atoms with Gasteiger partial charge in [-0.15, -0.1) is 0 Å². The van der Waals surface area contributed by atoms with Crippen molar-refractivity contribution in [2.24, 2.45) is 5.92 Å². The minimum Gasteiger partial charge on any atom is -0.481 e. The largest absolute Gasteiger partial charge is 0.481 e. The van der Waals surface area contributed by atoms with Crippen LogP contribution in [0.2, 0.25) is 0 Å². The summed E-state index contributed by atoms with van der Waals surface area (Å²) < 4.78 is 0. The van der Waals surface area contributed by atoms with E-state index in [1.54, 1.807) is 5.57 Å². The lowest BCUT2D eigenvalue weighted by Crippen LogP contribution is -2.20. The maximum absolute atomic E-state index is 10.8. The van der Waals surface area contributed by atoms with Gasteiger partial charge in [0.1, 0.15) is 0 Å². The third kappa shape index (κ3) is 1.77. The van der Waals surface area contributed by atoms with Crippen LogP contribution < -0.4 is 0 Å². The summed E-state index contributed by atoms with van der Waals surface area (Å²) in [5.41, 5.74) is 3.06. The maximum Gasteiger partial charge on any atom is 0.306 e. The van der Waals surface area contributed by atoms with Gasteiger partial charge in [-0.25, -0.2) is 0 Å². The fourth-order valence-corrected chi connectivity index (χ4v) is 2.54. The average molecular weight is 180 g/mol. The van der Waals surface area contributed by atoms with Crippen LogP contribution in [0.5, 0.6) is 0 Å². The maximum atomic E-state index is 10.8. The first kappa shape index (κ1) is 8.79. The molecule has 72 valence electrons. The molecular formula is C11H16O2. The Morgan fingerprint density at radius 2 is 1.85 bits per heavy atom. The van der Waals surface area contributed by atoms with E-state index in [4.69, 9.17) is 5.11 Å². The lowest BCUT2D eigenvalue weighted by molar-refractivity contribution is -0.142. The van der Waals surface area contributed by atoms with Crippen molar-refractivity contribution in [3.63, 3.8) is 0 Å². The van der Waals surface area contributed by atoms with E-state index in [2.05, 4.69) is 0 Å². The Kier molecular flexibility index (Phi) is 2.38. The molecule has 0 saturated heterocycles. The van der Waals surface area contributed by atoms with Gasteiger partial charge >= 0.3 is 5.97 Å². The molecule has 2 aliphatic rings. The summed E-state index contributed by atoms with van der Waals surface area (Å²) >= 11 is 0. The van der Waals surface area contributed by atoms with Crippen molar-refractivity contribution >= 4 is 5.97 Å². The first-order valence-electron chi connectivity index (χ1n) is 5.20. The number of carboxylic acids is 1. The highest BCUT2D eigenvalue weighted by Gasteiger charge is 2.26. The van der Waals surface area contributed by atoms with Crippen LogP contribution >= 0.6 is 0 Å². The first-order valence-corrected chi connectivity index (χ1v) is 5.20. The topological polar surface area (TPSA) is 37.3 Å². The molecule has 1 atom stereocenters. The molecule has 0 unspecified atom stereocenters. The summed E-state index contributed by atoms with van der Waals surface area (Å²) in [5.74, 6) is -0.686. The van der Waals surface area contributed by atoms with Gasteiger partial charge in [-0.1, -0.05) is 11.1 Å². The van der Waals surface area contributed by atoms with Crippen LogP contribution in [-0.4, -0.2) is 11.1 Å². The predicted molar refractivity (Wildman–Crippen MR) is 50.5 cm³/mol. The van der Waals surface area contributed by atoms with E-state index in [0.29, 0.717) is 0 Å². The average Bonchev–Trinajstić information content (AvgIpc) is 2.17. The molecular weight excluding hydrogens is 164 g/mol. The summed E-state index contributed by atoms with van der Waals surface area (Å²) in [6.45, 7) is 0. The van der Waals surface area contributed by atoms with E-state index in [-0.39, 0.29) is 5.92 Å². The van der Waals surface area contributed by atoms with E-state index in [1.165, 1.54) is 31.3 Å². The quantitative estimate of drug-likeness (QED) is 0.630. The van der Waals surface area contributed by atoms with Crippen LogP contribution in [0.15, 0.2) is 11.1 Å². The van der Waals surface area contributed by atoms with Crippen molar-refractivity contribution < 1.29 is 9.90 Å². The molecule has 0 aliphatic heterocycles. The van der Waals surface area contributed by atoms with Crippen molar-refractivity contribution in [3.05, 3.63) is 11.1 Å². The fourth-order valence-electron chi connectivity index (χ4n) is 2.54. The van der Waals surface area contributed by atoms with Crippen LogP contribution in [0, 0.1) is 5.92 Å². The highest BCUT2D eigenvalue weighted by molar-refractivity contribution is 5.70. The number of aliphatic carboxylic acids is 1. The van der Waals surface area contributed by atoms with Gasteiger partial charge < -0.3 is 5.11 Å².